The van der Waals surface area contributed by atoms with Gasteiger partial charge in [-0.3, -0.25) is 0 Å². The Kier molecular flexibility index (Phi) is 6.21. The number of carbonyl (C=O) groups excluding carboxylic acids is 1. The molecule has 0 heterocycles. The van der Waals surface area contributed by atoms with E-state index in [-0.39, 0.29) is 11.6 Å². The highest BCUT2D eigenvalue weighted by Crippen LogP contribution is 2.36. The molecule has 0 N–H and O–H groups in total. The summed E-state index contributed by atoms with van der Waals surface area (Å²) in [6, 6.07) is 20.6. The van der Waals surface area contributed by atoms with Crippen molar-refractivity contribution in [2.45, 2.75) is 25.8 Å². The lowest BCUT2D eigenvalue weighted by Gasteiger charge is -2.43. The third-order valence-electron chi connectivity index (χ3n) is 4.03. The van der Waals surface area contributed by atoms with E-state index >= 15 is 0 Å². The summed E-state index contributed by atoms with van der Waals surface area (Å²) in [5, 5.41) is 2.29. The van der Waals surface area contributed by atoms with E-state index in [1.807, 2.05) is 36.4 Å². The zero-order valence-corrected chi connectivity index (χ0v) is 16.0. The van der Waals surface area contributed by atoms with Crippen molar-refractivity contribution in [3.05, 3.63) is 60.7 Å². The van der Waals surface area contributed by atoms with Crippen LogP contribution in [-0.2, 0) is 9.16 Å². The summed E-state index contributed by atoms with van der Waals surface area (Å²) in [6.07, 6.45) is 0. The highest BCUT2D eigenvalue weighted by atomic mass is 35.5. The van der Waals surface area contributed by atoms with Gasteiger partial charge in [0.05, 0.1) is 6.61 Å². The molecule has 0 aliphatic heterocycles. The van der Waals surface area contributed by atoms with Crippen molar-refractivity contribution in [3.63, 3.8) is 0 Å². The normalized spacial score (nSPS) is 12.0. The molecule has 0 unspecified atom stereocenters. The summed E-state index contributed by atoms with van der Waals surface area (Å²) in [4.78, 5) is 10.8. The van der Waals surface area contributed by atoms with Gasteiger partial charge in [0, 0.05) is 11.6 Å². The van der Waals surface area contributed by atoms with E-state index < -0.39 is 13.7 Å². The second-order valence-corrected chi connectivity index (χ2v) is 11.2. The highest BCUT2D eigenvalue weighted by Gasteiger charge is 2.50. The molecule has 0 saturated carbocycles. The molecule has 0 aromatic heterocycles. The molecule has 0 spiro atoms. The molecule has 3 nitrogen and oxygen atoms in total. The van der Waals surface area contributed by atoms with E-state index in [0.29, 0.717) is 6.61 Å². The maximum Gasteiger partial charge on any atom is 0.403 e. The number of hydrogen-bond donors (Lipinski definition) is 0. The number of halogens is 1. The Balaban J connectivity index is 2.47. The number of rotatable bonds is 6. The van der Waals surface area contributed by atoms with Gasteiger partial charge >= 0.3 is 5.43 Å². The Morgan fingerprint density at radius 3 is 1.75 bits per heavy atom. The van der Waals surface area contributed by atoms with Crippen molar-refractivity contribution in [2.24, 2.45) is 0 Å². The molecular formula is C19H23ClO3Si. The van der Waals surface area contributed by atoms with E-state index in [0.717, 1.165) is 0 Å². The molecule has 5 heteroatoms. The van der Waals surface area contributed by atoms with Gasteiger partial charge in [0.15, 0.2) is 0 Å². The molecule has 0 aliphatic carbocycles. The third-order valence-corrected chi connectivity index (χ3v) is 9.19. The van der Waals surface area contributed by atoms with Gasteiger partial charge in [-0.15, -0.1) is 0 Å². The second-order valence-electron chi connectivity index (χ2n) is 6.60. The predicted molar refractivity (Wildman–Crippen MR) is 101 cm³/mol. The van der Waals surface area contributed by atoms with Crippen LogP contribution in [0.3, 0.4) is 0 Å². The monoisotopic (exact) mass is 362 g/mol. The molecule has 0 radical (unpaired) electrons. The van der Waals surface area contributed by atoms with Gasteiger partial charge < -0.3 is 9.16 Å². The van der Waals surface area contributed by atoms with Gasteiger partial charge in [-0.25, -0.2) is 4.79 Å². The molecule has 2 aromatic rings. The standard InChI is InChI=1S/C19H23ClO3Si/c1-19(2,3)24(16-10-6-4-7-11-16,17-12-8-5-9-13-17)23-15-14-22-18(20)21/h4-13H,14-15H2,1-3H3. The van der Waals surface area contributed by atoms with Crippen LogP contribution in [-0.4, -0.2) is 27.0 Å². The van der Waals surface area contributed by atoms with Gasteiger partial charge in [0.2, 0.25) is 0 Å². The molecule has 0 aliphatic rings. The number of hydrogen-bond acceptors (Lipinski definition) is 3. The lowest BCUT2D eigenvalue weighted by Crippen LogP contribution is -2.66. The average molecular weight is 363 g/mol. The molecule has 2 rings (SSSR count). The Morgan fingerprint density at radius 2 is 1.38 bits per heavy atom. The van der Waals surface area contributed by atoms with E-state index in [4.69, 9.17) is 20.8 Å². The molecule has 0 atom stereocenters. The van der Waals surface area contributed by atoms with Crippen LogP contribution in [0.25, 0.3) is 0 Å². The van der Waals surface area contributed by atoms with E-state index in [9.17, 15) is 4.79 Å². The first-order valence-electron chi connectivity index (χ1n) is 7.95. The SMILES string of the molecule is CC(C)(C)[Si](OCCOC(=O)Cl)(c1ccccc1)c1ccccc1. The van der Waals surface area contributed by atoms with Crippen molar-refractivity contribution in [1.82, 2.24) is 0 Å². The first-order valence-corrected chi connectivity index (χ1v) is 10.2. The van der Waals surface area contributed by atoms with Crippen LogP contribution >= 0.6 is 11.6 Å². The second kappa shape index (κ2) is 7.97. The maximum atomic E-state index is 10.8. The minimum absolute atomic E-state index is 0.0965. The molecular weight excluding hydrogens is 340 g/mol. The Hall–Kier alpha value is -1.62. The van der Waals surface area contributed by atoms with Crippen molar-refractivity contribution in [1.29, 1.82) is 0 Å². The first-order chi connectivity index (χ1) is 11.4. The fourth-order valence-corrected chi connectivity index (χ4v) is 7.70. The Labute approximate surface area is 149 Å². The molecule has 2 aromatic carbocycles. The molecule has 0 bridgehead atoms. The predicted octanol–water partition coefficient (Wildman–Crippen LogP) is 3.94. The zero-order valence-electron chi connectivity index (χ0n) is 14.3. The molecule has 24 heavy (non-hydrogen) atoms. The van der Waals surface area contributed by atoms with Crippen LogP contribution in [0.4, 0.5) is 4.79 Å². The van der Waals surface area contributed by atoms with Gasteiger partial charge in [0.1, 0.15) is 6.61 Å². The summed E-state index contributed by atoms with van der Waals surface area (Å²) in [6.45, 7) is 7.06. The fraction of sp³-hybridized carbons (Fsp3) is 0.316. The first kappa shape index (κ1) is 18.7. The quantitative estimate of drug-likeness (QED) is 0.443. The van der Waals surface area contributed by atoms with Gasteiger partial charge in [-0.2, -0.15) is 0 Å². The summed E-state index contributed by atoms with van der Waals surface area (Å²) >= 11 is 5.25. The smallest absolute Gasteiger partial charge is 0.403 e. The van der Waals surface area contributed by atoms with E-state index in [1.54, 1.807) is 0 Å². The zero-order chi connectivity index (χ0) is 17.6. The van der Waals surface area contributed by atoms with Crippen molar-refractivity contribution in [2.75, 3.05) is 13.2 Å². The van der Waals surface area contributed by atoms with Crippen molar-refractivity contribution in [3.8, 4) is 0 Å². The summed E-state index contributed by atoms with van der Waals surface area (Å²) in [7, 11) is -2.56. The molecule has 0 fully saturated rings. The van der Waals surface area contributed by atoms with E-state index in [1.165, 1.54) is 10.4 Å². The van der Waals surface area contributed by atoms with Crippen molar-refractivity contribution < 1.29 is 14.0 Å². The minimum atomic E-state index is -2.56. The lowest BCUT2D eigenvalue weighted by molar-refractivity contribution is 0.144. The lowest BCUT2D eigenvalue weighted by atomic mass is 10.2. The van der Waals surface area contributed by atoms with Gasteiger partial charge in [-0.1, -0.05) is 81.4 Å². The summed E-state index contributed by atoms with van der Waals surface area (Å²) in [5.41, 5.74) is -0.805. The van der Waals surface area contributed by atoms with Gasteiger partial charge in [0.25, 0.3) is 8.32 Å². The fourth-order valence-electron chi connectivity index (χ4n) is 3.08. The van der Waals surface area contributed by atoms with Crippen LogP contribution in [0.2, 0.25) is 5.04 Å². The minimum Gasteiger partial charge on any atom is -0.451 e. The maximum absolute atomic E-state index is 10.8. The van der Waals surface area contributed by atoms with Crippen LogP contribution in [0.5, 0.6) is 0 Å². The summed E-state index contributed by atoms with van der Waals surface area (Å²) < 4.78 is 11.4. The van der Waals surface area contributed by atoms with Crippen LogP contribution < -0.4 is 10.4 Å². The highest BCUT2D eigenvalue weighted by molar-refractivity contribution is 6.99. The topological polar surface area (TPSA) is 35.5 Å². The van der Waals surface area contributed by atoms with Crippen molar-refractivity contribution >= 4 is 35.7 Å². The Bertz CT molecular complexity index is 614. The average Bonchev–Trinajstić information content (AvgIpc) is 2.55. The van der Waals surface area contributed by atoms with Crippen LogP contribution in [0.1, 0.15) is 20.8 Å². The Morgan fingerprint density at radius 1 is 0.917 bits per heavy atom. The molecule has 0 amide bonds. The van der Waals surface area contributed by atoms with Crippen LogP contribution in [0.15, 0.2) is 60.7 Å². The number of ether oxygens (including phenoxy) is 1. The molecule has 0 saturated heterocycles. The van der Waals surface area contributed by atoms with E-state index in [2.05, 4.69) is 45.0 Å². The molecule has 128 valence electrons. The van der Waals surface area contributed by atoms with Crippen LogP contribution in [0, 0.1) is 0 Å². The summed E-state index contributed by atoms with van der Waals surface area (Å²) in [5.74, 6) is 0. The number of benzene rings is 2. The largest absolute Gasteiger partial charge is 0.451 e. The number of carbonyl (C=O) groups is 1. The van der Waals surface area contributed by atoms with Gasteiger partial charge in [-0.05, 0) is 15.4 Å². The third kappa shape index (κ3) is 4.07.